The second kappa shape index (κ2) is 12.6. The molecule has 3 heterocycles. The molecule has 0 aliphatic carbocycles. The average molecular weight is 709 g/mol. The Morgan fingerprint density at radius 3 is 2.19 bits per heavy atom. The number of hydrogen-bond acceptors (Lipinski definition) is 3. The Bertz CT molecular complexity index is 2270. The Morgan fingerprint density at radius 2 is 1.47 bits per heavy atom. The van der Waals surface area contributed by atoms with E-state index in [2.05, 4.69) is 127 Å². The molecular formula is C41H38N4OPd. The van der Waals surface area contributed by atoms with Crippen molar-refractivity contribution in [3.05, 3.63) is 130 Å². The predicted molar refractivity (Wildman–Crippen MR) is 188 cm³/mol. The number of fused-ring (bicyclic) bond motifs is 3. The second-order valence-corrected chi connectivity index (χ2v) is 12.8. The number of ether oxygens (including phenoxy) is 1. The van der Waals surface area contributed by atoms with Gasteiger partial charge in [0, 0.05) is 34.5 Å². The van der Waals surface area contributed by atoms with Crippen LogP contribution in [0.2, 0.25) is 0 Å². The van der Waals surface area contributed by atoms with Gasteiger partial charge in [-0.05, 0) is 97.6 Å². The van der Waals surface area contributed by atoms with Crippen molar-refractivity contribution in [3.8, 4) is 34.1 Å². The van der Waals surface area contributed by atoms with Crippen LogP contribution < -0.4 is 4.74 Å². The minimum absolute atomic E-state index is 0. The van der Waals surface area contributed by atoms with Gasteiger partial charge in [0.15, 0.2) is 0 Å². The first-order valence-corrected chi connectivity index (χ1v) is 15.9. The van der Waals surface area contributed by atoms with Gasteiger partial charge in [0.1, 0.15) is 5.82 Å². The van der Waals surface area contributed by atoms with E-state index in [0.717, 1.165) is 55.8 Å². The molecule has 0 bridgehead atoms. The van der Waals surface area contributed by atoms with E-state index in [1.54, 1.807) is 0 Å². The largest absolute Gasteiger partial charge is 2.00 e. The first-order chi connectivity index (χ1) is 22.1. The normalized spacial score (nSPS) is 11.4. The minimum Gasteiger partial charge on any atom is -0.509 e. The summed E-state index contributed by atoms with van der Waals surface area (Å²) in [5.74, 6) is 2.57. The summed E-state index contributed by atoms with van der Waals surface area (Å²) in [5, 5.41) is 7.27. The summed E-state index contributed by atoms with van der Waals surface area (Å²) in [7, 11) is 0. The van der Waals surface area contributed by atoms with E-state index >= 15 is 0 Å². The van der Waals surface area contributed by atoms with Gasteiger partial charge in [-0.25, -0.2) is 4.98 Å². The van der Waals surface area contributed by atoms with Crippen LogP contribution in [0.3, 0.4) is 0 Å². The number of pyridine rings is 1. The molecular weight excluding hydrogens is 671 g/mol. The Hall–Kier alpha value is -4.50. The number of nitrogens with zero attached hydrogens (tertiary/aromatic N) is 4. The summed E-state index contributed by atoms with van der Waals surface area (Å²) in [4.78, 5) is 4.70. The van der Waals surface area contributed by atoms with Crippen molar-refractivity contribution < 1.29 is 25.2 Å². The molecule has 4 aromatic carbocycles. The molecule has 238 valence electrons. The first-order valence-electron chi connectivity index (χ1n) is 15.9. The van der Waals surface area contributed by atoms with E-state index in [9.17, 15) is 0 Å². The van der Waals surface area contributed by atoms with Crippen LogP contribution in [-0.2, 0) is 20.4 Å². The van der Waals surface area contributed by atoms with E-state index in [4.69, 9.17) is 14.8 Å². The molecule has 0 aliphatic heterocycles. The molecule has 7 aromatic rings. The van der Waals surface area contributed by atoms with Crippen molar-refractivity contribution >= 4 is 21.8 Å². The number of aryl methyl sites for hydroxylation is 5. The fourth-order valence-corrected chi connectivity index (χ4v) is 6.73. The molecule has 0 fully saturated rings. The van der Waals surface area contributed by atoms with Crippen LogP contribution in [0, 0.1) is 53.7 Å². The van der Waals surface area contributed by atoms with Crippen LogP contribution in [-0.4, -0.2) is 19.3 Å². The Kier molecular flexibility index (Phi) is 8.70. The van der Waals surface area contributed by atoms with Gasteiger partial charge >= 0.3 is 20.4 Å². The maximum atomic E-state index is 6.49. The standard InChI is InChI=1S/C41H38N4O.Pd/c1-24(2)31-20-27(5)40(28(6)21-31)41-29(7)43-45(30(41)8)32-17-26(4)18-34(22-32)46-33-13-14-36-35-11-9-10-12-37(35)44(38(36)23-33)39-19-25(3)15-16-42-39;/h9-21,24H,1-8H3;/q-2;+2. The molecule has 0 N–H and O–H groups in total. The summed E-state index contributed by atoms with van der Waals surface area (Å²) in [5.41, 5.74) is 13.5. The average Bonchev–Trinajstić information content (AvgIpc) is 3.49. The SMILES string of the molecule is Cc1cc(Oc2[c-]c3c(cc2)c2ccccc2n3-c2cc(C)ccn2)[c-]c(-n2nc(C)c(-c3c(C)cc(C(C)C)cc3C)c2C)c1.[Pd+2]. The zero-order chi connectivity index (χ0) is 32.3. The monoisotopic (exact) mass is 708 g/mol. The molecule has 47 heavy (non-hydrogen) atoms. The number of benzene rings is 4. The fourth-order valence-electron chi connectivity index (χ4n) is 6.73. The molecule has 0 spiro atoms. The molecule has 7 rings (SSSR count). The molecule has 6 heteroatoms. The Labute approximate surface area is 290 Å². The molecule has 0 atom stereocenters. The van der Waals surface area contributed by atoms with Gasteiger partial charge in [0.05, 0.1) is 5.69 Å². The van der Waals surface area contributed by atoms with Gasteiger partial charge in [0.25, 0.3) is 0 Å². The summed E-state index contributed by atoms with van der Waals surface area (Å²) < 4.78 is 10.6. The molecule has 0 radical (unpaired) electrons. The number of rotatable bonds is 6. The Morgan fingerprint density at radius 1 is 0.723 bits per heavy atom. The van der Waals surface area contributed by atoms with E-state index in [-0.39, 0.29) is 20.4 Å². The van der Waals surface area contributed by atoms with Crippen molar-refractivity contribution in [1.29, 1.82) is 0 Å². The van der Waals surface area contributed by atoms with Crippen molar-refractivity contribution in [2.75, 3.05) is 0 Å². The topological polar surface area (TPSA) is 44.9 Å². The molecule has 0 amide bonds. The predicted octanol–water partition coefficient (Wildman–Crippen LogP) is 10.4. The number of aromatic nitrogens is 4. The second-order valence-electron chi connectivity index (χ2n) is 12.8. The van der Waals surface area contributed by atoms with E-state index in [1.807, 2.05) is 29.1 Å². The van der Waals surface area contributed by atoms with Crippen molar-refractivity contribution in [2.45, 2.75) is 61.3 Å². The summed E-state index contributed by atoms with van der Waals surface area (Å²) in [6, 6.07) is 32.4. The molecule has 0 saturated carbocycles. The van der Waals surface area contributed by atoms with Crippen molar-refractivity contribution in [3.63, 3.8) is 0 Å². The van der Waals surface area contributed by atoms with Crippen LogP contribution in [0.5, 0.6) is 11.5 Å². The number of hydrogen-bond donors (Lipinski definition) is 0. The number of para-hydroxylation sites is 1. The van der Waals surface area contributed by atoms with Gasteiger partial charge in [0.2, 0.25) is 0 Å². The molecule has 0 aliphatic rings. The first kappa shape index (κ1) is 32.4. The molecule has 5 nitrogen and oxygen atoms in total. The van der Waals surface area contributed by atoms with Crippen molar-refractivity contribution in [1.82, 2.24) is 19.3 Å². The van der Waals surface area contributed by atoms with Gasteiger partial charge in [-0.3, -0.25) is 4.68 Å². The smallest absolute Gasteiger partial charge is 0.509 e. The third kappa shape index (κ3) is 5.82. The summed E-state index contributed by atoms with van der Waals surface area (Å²) in [6.07, 6.45) is 1.85. The maximum absolute atomic E-state index is 6.49. The minimum atomic E-state index is 0. The third-order valence-electron chi connectivity index (χ3n) is 8.87. The molecule has 3 aromatic heterocycles. The van der Waals surface area contributed by atoms with Crippen LogP contribution in [0.1, 0.15) is 59.0 Å². The molecule has 0 unspecified atom stereocenters. The van der Waals surface area contributed by atoms with Gasteiger partial charge < -0.3 is 9.30 Å². The maximum Gasteiger partial charge on any atom is 2.00 e. The molecule has 0 saturated heterocycles. The van der Waals surface area contributed by atoms with Crippen LogP contribution >= 0.6 is 0 Å². The van der Waals surface area contributed by atoms with Gasteiger partial charge in [-0.1, -0.05) is 56.6 Å². The van der Waals surface area contributed by atoms with Crippen molar-refractivity contribution in [2.24, 2.45) is 0 Å². The van der Waals surface area contributed by atoms with Crippen LogP contribution in [0.25, 0.3) is 44.4 Å². The fraction of sp³-hybridized carbons (Fsp3) is 0.220. The zero-order valence-electron chi connectivity index (χ0n) is 28.1. The van der Waals surface area contributed by atoms with E-state index < -0.39 is 0 Å². The van der Waals surface area contributed by atoms with E-state index in [0.29, 0.717) is 17.4 Å². The summed E-state index contributed by atoms with van der Waals surface area (Å²) in [6.45, 7) is 17.3. The summed E-state index contributed by atoms with van der Waals surface area (Å²) >= 11 is 0. The Balaban J connectivity index is 0.00000386. The van der Waals surface area contributed by atoms with E-state index in [1.165, 1.54) is 27.8 Å². The van der Waals surface area contributed by atoms with Crippen LogP contribution in [0.4, 0.5) is 0 Å². The van der Waals surface area contributed by atoms with Gasteiger partial charge in [-0.15, -0.1) is 35.7 Å². The van der Waals surface area contributed by atoms with Gasteiger partial charge in [-0.2, -0.15) is 16.7 Å². The zero-order valence-corrected chi connectivity index (χ0v) is 29.7. The third-order valence-corrected chi connectivity index (χ3v) is 8.87. The van der Waals surface area contributed by atoms with Crippen LogP contribution in [0.15, 0.2) is 79.0 Å². The quantitative estimate of drug-likeness (QED) is 0.128.